The highest BCUT2D eigenvalue weighted by Gasteiger charge is 2.32. The van der Waals surface area contributed by atoms with Gasteiger partial charge in [-0.05, 0) is 50.1 Å². The highest BCUT2D eigenvalue weighted by Crippen LogP contribution is 2.47. The minimum absolute atomic E-state index is 0.242. The summed E-state index contributed by atoms with van der Waals surface area (Å²) in [6.45, 7) is 5.21. The van der Waals surface area contributed by atoms with Gasteiger partial charge in [-0.3, -0.25) is 4.90 Å². The maximum Gasteiger partial charge on any atom is 0.169 e. The van der Waals surface area contributed by atoms with E-state index in [1.807, 2.05) is 18.3 Å². The molecule has 1 unspecified atom stereocenters. The molecule has 0 radical (unpaired) electrons. The lowest BCUT2D eigenvalue weighted by molar-refractivity contribution is 0.124. The Morgan fingerprint density at radius 3 is 2.90 bits per heavy atom. The second-order valence-corrected chi connectivity index (χ2v) is 9.40. The van der Waals surface area contributed by atoms with Gasteiger partial charge in [0.05, 0.1) is 12.7 Å². The van der Waals surface area contributed by atoms with Gasteiger partial charge < -0.3 is 14.2 Å². The van der Waals surface area contributed by atoms with E-state index in [1.165, 1.54) is 28.8 Å². The normalized spacial score (nSPS) is 18.7. The van der Waals surface area contributed by atoms with Crippen molar-refractivity contribution in [2.24, 2.45) is 0 Å². The molecule has 0 N–H and O–H groups in total. The predicted molar refractivity (Wildman–Crippen MR) is 123 cm³/mol. The van der Waals surface area contributed by atoms with E-state index in [9.17, 15) is 0 Å². The maximum atomic E-state index is 6.09. The molecule has 162 valence electrons. The number of aryl methyl sites for hydroxylation is 1. The van der Waals surface area contributed by atoms with Gasteiger partial charge in [-0.25, -0.2) is 4.98 Å². The number of fused-ring (bicyclic) bond motifs is 1. The van der Waals surface area contributed by atoms with Crippen molar-refractivity contribution >= 4 is 11.3 Å². The second kappa shape index (κ2) is 8.89. The first-order valence-electron chi connectivity index (χ1n) is 10.9. The number of likely N-dealkylation sites (tertiary alicyclic amines) is 1. The minimum atomic E-state index is 0.242. The summed E-state index contributed by atoms with van der Waals surface area (Å²) in [5.41, 5.74) is 3.62. The van der Waals surface area contributed by atoms with Crippen molar-refractivity contribution in [2.45, 2.75) is 38.8 Å². The fourth-order valence-electron chi connectivity index (χ4n) is 4.65. The molecule has 1 saturated heterocycles. The van der Waals surface area contributed by atoms with Gasteiger partial charge in [0.25, 0.3) is 0 Å². The van der Waals surface area contributed by atoms with E-state index in [0.29, 0.717) is 13.2 Å². The number of aromatic nitrogens is 1. The van der Waals surface area contributed by atoms with Crippen LogP contribution in [0.15, 0.2) is 42.6 Å². The molecule has 0 amide bonds. The zero-order chi connectivity index (χ0) is 21.2. The second-order valence-electron chi connectivity index (χ2n) is 8.16. The van der Waals surface area contributed by atoms with Crippen molar-refractivity contribution < 1.29 is 14.2 Å². The van der Waals surface area contributed by atoms with Gasteiger partial charge in [0.1, 0.15) is 24.0 Å². The molecule has 2 aliphatic heterocycles. The molecule has 1 fully saturated rings. The number of benzene rings is 2. The van der Waals surface area contributed by atoms with Gasteiger partial charge >= 0.3 is 0 Å². The number of methoxy groups -OCH3 is 1. The smallest absolute Gasteiger partial charge is 0.169 e. The highest BCUT2D eigenvalue weighted by molar-refractivity contribution is 7.14. The molecule has 2 aliphatic rings. The third kappa shape index (κ3) is 4.14. The van der Waals surface area contributed by atoms with Crippen molar-refractivity contribution in [1.82, 2.24) is 9.88 Å². The van der Waals surface area contributed by atoms with E-state index in [2.05, 4.69) is 41.1 Å². The molecule has 2 aromatic carbocycles. The molecule has 3 aromatic rings. The fraction of sp³-hybridized carbons (Fsp3) is 0.400. The summed E-state index contributed by atoms with van der Waals surface area (Å²) in [5.74, 6) is 2.57. The van der Waals surface area contributed by atoms with Crippen LogP contribution in [-0.4, -0.2) is 36.8 Å². The first kappa shape index (κ1) is 20.3. The molecular formula is C25H28N2O3S. The standard InChI is InChI=1S/C25H28N2O3S/c1-17-15-26-25(31-17)19-7-5-6-18(14-19)16-27-11-4-3-8-20(27)23-21(28-2)9-10-22-24(23)30-13-12-29-22/h5-7,9-10,14-15,20H,3-4,8,11-13,16H2,1-2H3. The molecule has 0 saturated carbocycles. The van der Waals surface area contributed by atoms with Gasteiger partial charge in [-0.2, -0.15) is 0 Å². The number of hydrogen-bond donors (Lipinski definition) is 0. The summed E-state index contributed by atoms with van der Waals surface area (Å²) in [6.07, 6.45) is 5.44. The number of rotatable bonds is 5. The lowest BCUT2D eigenvalue weighted by atomic mass is 9.92. The third-order valence-corrected chi connectivity index (χ3v) is 7.02. The van der Waals surface area contributed by atoms with Crippen LogP contribution in [0.25, 0.3) is 10.6 Å². The van der Waals surface area contributed by atoms with E-state index >= 15 is 0 Å². The SMILES string of the molecule is COc1ccc2c(c1C1CCCCN1Cc1cccc(-c3ncc(C)s3)c1)OCCO2. The van der Waals surface area contributed by atoms with Crippen molar-refractivity contribution in [3.8, 4) is 27.8 Å². The van der Waals surface area contributed by atoms with Crippen LogP contribution in [-0.2, 0) is 6.54 Å². The quantitative estimate of drug-likeness (QED) is 0.519. The number of ether oxygens (including phenoxy) is 3. The van der Waals surface area contributed by atoms with Crippen LogP contribution in [0.3, 0.4) is 0 Å². The summed E-state index contributed by atoms with van der Waals surface area (Å²) >= 11 is 1.74. The molecule has 1 atom stereocenters. The summed E-state index contributed by atoms with van der Waals surface area (Å²) < 4.78 is 17.7. The Morgan fingerprint density at radius 1 is 1.16 bits per heavy atom. The van der Waals surface area contributed by atoms with Crippen LogP contribution in [0.5, 0.6) is 17.2 Å². The summed E-state index contributed by atoms with van der Waals surface area (Å²) in [5, 5.41) is 1.08. The number of hydrogen-bond acceptors (Lipinski definition) is 6. The zero-order valence-electron chi connectivity index (χ0n) is 18.1. The Kier molecular flexibility index (Phi) is 5.83. The van der Waals surface area contributed by atoms with Crippen LogP contribution in [0.4, 0.5) is 0 Å². The number of thiazole rings is 1. The molecule has 31 heavy (non-hydrogen) atoms. The summed E-state index contributed by atoms with van der Waals surface area (Å²) in [4.78, 5) is 8.36. The largest absolute Gasteiger partial charge is 0.496 e. The maximum absolute atomic E-state index is 6.09. The summed E-state index contributed by atoms with van der Waals surface area (Å²) in [6, 6.07) is 13.0. The van der Waals surface area contributed by atoms with Gasteiger partial charge in [0, 0.05) is 29.2 Å². The Hall–Kier alpha value is -2.57. The average molecular weight is 437 g/mol. The molecule has 5 nitrogen and oxygen atoms in total. The molecule has 0 spiro atoms. The monoisotopic (exact) mass is 436 g/mol. The van der Waals surface area contributed by atoms with Crippen LogP contribution in [0.1, 0.15) is 41.3 Å². The lowest BCUT2D eigenvalue weighted by Gasteiger charge is -2.38. The first-order valence-corrected chi connectivity index (χ1v) is 11.8. The lowest BCUT2D eigenvalue weighted by Crippen LogP contribution is -2.34. The Balaban J connectivity index is 1.46. The van der Waals surface area contributed by atoms with Gasteiger partial charge in [-0.1, -0.05) is 24.6 Å². The summed E-state index contributed by atoms with van der Waals surface area (Å²) in [7, 11) is 1.74. The first-order chi connectivity index (χ1) is 15.2. The molecule has 5 rings (SSSR count). The topological polar surface area (TPSA) is 43.8 Å². The molecule has 6 heteroatoms. The van der Waals surface area contributed by atoms with E-state index in [4.69, 9.17) is 14.2 Å². The van der Waals surface area contributed by atoms with Crippen LogP contribution < -0.4 is 14.2 Å². The molecule has 0 bridgehead atoms. The highest BCUT2D eigenvalue weighted by atomic mass is 32.1. The van der Waals surface area contributed by atoms with Crippen molar-refractivity contribution in [1.29, 1.82) is 0 Å². The minimum Gasteiger partial charge on any atom is -0.496 e. The number of piperidine rings is 1. The molecule has 1 aromatic heterocycles. The van der Waals surface area contributed by atoms with Crippen LogP contribution in [0.2, 0.25) is 0 Å². The molecular weight excluding hydrogens is 408 g/mol. The van der Waals surface area contributed by atoms with Crippen LogP contribution in [0, 0.1) is 6.92 Å². The number of nitrogens with zero attached hydrogens (tertiary/aromatic N) is 2. The average Bonchev–Trinajstić information content (AvgIpc) is 3.25. The molecule has 3 heterocycles. The Labute approximate surface area is 187 Å². The van der Waals surface area contributed by atoms with Crippen molar-refractivity contribution in [3.63, 3.8) is 0 Å². The van der Waals surface area contributed by atoms with Crippen molar-refractivity contribution in [2.75, 3.05) is 26.9 Å². The molecule has 0 aliphatic carbocycles. The van der Waals surface area contributed by atoms with Gasteiger partial charge in [0.2, 0.25) is 0 Å². The Morgan fingerprint density at radius 2 is 2.06 bits per heavy atom. The van der Waals surface area contributed by atoms with E-state index in [0.717, 1.165) is 47.3 Å². The Bertz CT molecular complexity index is 1060. The third-order valence-electron chi connectivity index (χ3n) is 6.05. The predicted octanol–water partition coefficient (Wildman–Crippen LogP) is 5.63. The fourth-order valence-corrected chi connectivity index (χ4v) is 5.41. The van der Waals surface area contributed by atoms with E-state index < -0.39 is 0 Å². The van der Waals surface area contributed by atoms with Crippen molar-refractivity contribution in [3.05, 3.63) is 58.6 Å². The van der Waals surface area contributed by atoms with Crippen LogP contribution >= 0.6 is 11.3 Å². The zero-order valence-corrected chi connectivity index (χ0v) is 18.9. The van der Waals surface area contributed by atoms with Gasteiger partial charge in [0.15, 0.2) is 11.5 Å². The van der Waals surface area contributed by atoms with E-state index in [-0.39, 0.29) is 6.04 Å². The van der Waals surface area contributed by atoms with E-state index in [1.54, 1.807) is 18.4 Å². The van der Waals surface area contributed by atoms with Gasteiger partial charge in [-0.15, -0.1) is 11.3 Å².